The Morgan fingerprint density at radius 3 is 2.06 bits per heavy atom. The fourth-order valence-corrected chi connectivity index (χ4v) is 7.18. The molecule has 4 aromatic rings. The van der Waals surface area contributed by atoms with Gasteiger partial charge >= 0.3 is 6.18 Å². The number of halogens is 3. The number of hydrogen-bond donors (Lipinski definition) is 4. The third kappa shape index (κ3) is 8.01. The smallest absolute Gasteiger partial charge is 0.417 e. The van der Waals surface area contributed by atoms with Crippen molar-refractivity contribution in [2.24, 2.45) is 16.7 Å². The van der Waals surface area contributed by atoms with E-state index < -0.39 is 38.1 Å². The molecule has 0 amide bonds. The topological polar surface area (TPSA) is 144 Å². The first-order valence-electron chi connectivity index (χ1n) is 15.1. The molecule has 0 unspecified atom stereocenters. The first kappa shape index (κ1) is 34.5. The van der Waals surface area contributed by atoms with E-state index in [-0.39, 0.29) is 17.8 Å². The van der Waals surface area contributed by atoms with Crippen molar-refractivity contribution in [1.29, 1.82) is 0 Å². The highest BCUT2D eigenvalue weighted by atomic mass is 32.2. The number of ether oxygens (including phenoxy) is 2. The molecule has 10 nitrogen and oxygen atoms in total. The number of hydrogen-bond acceptors (Lipinski definition) is 8. The Kier molecular flexibility index (Phi) is 10.5. The molecule has 0 atom stereocenters. The predicted molar refractivity (Wildman–Crippen MR) is 179 cm³/mol. The van der Waals surface area contributed by atoms with Crippen LogP contribution in [0.4, 0.5) is 18.9 Å². The molecule has 6 N–H and O–H groups in total. The van der Waals surface area contributed by atoms with Gasteiger partial charge < -0.3 is 20.5 Å². The van der Waals surface area contributed by atoms with Gasteiger partial charge in [0, 0.05) is 11.3 Å². The molecule has 254 valence electrons. The lowest BCUT2D eigenvalue weighted by molar-refractivity contribution is -0.139. The van der Waals surface area contributed by atoms with Gasteiger partial charge in [0.2, 0.25) is 0 Å². The SMILES string of the molecule is COc1ccc(CN(N)/N=C(\N)c2c(-c3ccc(C4CCNCC4)cc3)ccc(C(F)(F)F)c2S(=O)(=O)Nc2ccc(OC)cc2)cc1. The summed E-state index contributed by atoms with van der Waals surface area (Å²) in [6.07, 6.45) is -3.17. The second kappa shape index (κ2) is 14.5. The monoisotopic (exact) mass is 682 g/mol. The summed E-state index contributed by atoms with van der Waals surface area (Å²) in [5.41, 5.74) is 6.97. The highest BCUT2D eigenvalue weighted by Crippen LogP contribution is 2.41. The summed E-state index contributed by atoms with van der Waals surface area (Å²) in [6, 6.07) is 21.9. The van der Waals surface area contributed by atoms with Crippen molar-refractivity contribution in [1.82, 2.24) is 10.4 Å². The number of nitrogens with two attached hydrogens (primary N) is 2. The minimum atomic E-state index is -5.07. The fourth-order valence-electron chi connectivity index (χ4n) is 5.68. The Balaban J connectivity index is 1.65. The summed E-state index contributed by atoms with van der Waals surface area (Å²) < 4.78 is 84.5. The maximum atomic E-state index is 14.6. The van der Waals surface area contributed by atoms with Crippen molar-refractivity contribution >= 4 is 21.5 Å². The van der Waals surface area contributed by atoms with Crippen LogP contribution in [0, 0.1) is 0 Å². The largest absolute Gasteiger partial charge is 0.497 e. The van der Waals surface area contributed by atoms with Gasteiger partial charge in [-0.05, 0) is 96.6 Å². The first-order chi connectivity index (χ1) is 22.9. The normalized spacial score (nSPS) is 14.4. The number of nitrogens with zero attached hydrogens (tertiary/aromatic N) is 2. The molecule has 1 aliphatic heterocycles. The van der Waals surface area contributed by atoms with Crippen molar-refractivity contribution < 1.29 is 31.1 Å². The van der Waals surface area contributed by atoms with Crippen molar-refractivity contribution in [3.05, 3.63) is 107 Å². The van der Waals surface area contributed by atoms with E-state index in [1.807, 2.05) is 12.1 Å². The van der Waals surface area contributed by atoms with Gasteiger partial charge in [0.1, 0.15) is 16.4 Å². The van der Waals surface area contributed by atoms with E-state index in [2.05, 4.69) is 15.1 Å². The lowest BCUT2D eigenvalue weighted by atomic mass is 9.88. The number of sulfonamides is 1. The molecular weight excluding hydrogens is 645 g/mol. The number of amidine groups is 1. The lowest BCUT2D eigenvalue weighted by Crippen LogP contribution is -2.31. The van der Waals surface area contributed by atoms with E-state index in [1.54, 1.807) is 36.4 Å². The summed E-state index contributed by atoms with van der Waals surface area (Å²) in [5, 5.41) is 8.45. The third-order valence-electron chi connectivity index (χ3n) is 8.10. The average Bonchev–Trinajstić information content (AvgIpc) is 3.08. The summed E-state index contributed by atoms with van der Waals surface area (Å²) >= 11 is 0. The zero-order valence-corrected chi connectivity index (χ0v) is 27.2. The molecule has 0 aromatic heterocycles. The second-order valence-corrected chi connectivity index (χ2v) is 12.9. The van der Waals surface area contributed by atoms with Crippen molar-refractivity contribution in [3.8, 4) is 22.6 Å². The van der Waals surface area contributed by atoms with E-state index in [4.69, 9.17) is 21.1 Å². The molecule has 48 heavy (non-hydrogen) atoms. The van der Waals surface area contributed by atoms with E-state index in [1.165, 1.54) is 44.6 Å². The summed E-state index contributed by atoms with van der Waals surface area (Å²) in [5.74, 6) is 7.02. The van der Waals surface area contributed by atoms with Crippen LogP contribution >= 0.6 is 0 Å². The summed E-state index contributed by atoms with van der Waals surface area (Å²) in [6.45, 7) is 1.78. The molecule has 4 aromatic carbocycles. The maximum absolute atomic E-state index is 14.6. The van der Waals surface area contributed by atoms with Crippen LogP contribution in [0.3, 0.4) is 0 Å². The number of rotatable bonds is 11. The first-order valence-corrected chi connectivity index (χ1v) is 16.6. The van der Waals surface area contributed by atoms with Gasteiger partial charge in [-0.25, -0.2) is 19.4 Å². The van der Waals surface area contributed by atoms with Gasteiger partial charge in [0.05, 0.1) is 26.3 Å². The molecule has 0 radical (unpaired) electrons. The summed E-state index contributed by atoms with van der Waals surface area (Å²) in [4.78, 5) is -1.08. The van der Waals surface area contributed by atoms with Gasteiger partial charge in [-0.1, -0.05) is 42.5 Å². The summed E-state index contributed by atoms with van der Waals surface area (Å²) in [7, 11) is -1.97. The average molecular weight is 683 g/mol. The predicted octanol–water partition coefficient (Wildman–Crippen LogP) is 5.65. The fraction of sp³-hybridized carbons (Fsp3) is 0.265. The number of methoxy groups -OCH3 is 2. The van der Waals surface area contributed by atoms with Crippen LogP contribution in [0.2, 0.25) is 0 Å². The van der Waals surface area contributed by atoms with Crippen LogP contribution in [-0.4, -0.2) is 46.7 Å². The van der Waals surface area contributed by atoms with Gasteiger partial charge in [-0.15, -0.1) is 5.10 Å². The molecule has 1 heterocycles. The van der Waals surface area contributed by atoms with Crippen molar-refractivity contribution in [2.75, 3.05) is 32.0 Å². The zero-order valence-electron chi connectivity index (χ0n) is 26.4. The molecule has 1 fully saturated rings. The minimum Gasteiger partial charge on any atom is -0.497 e. The van der Waals surface area contributed by atoms with Crippen LogP contribution in [0.25, 0.3) is 11.1 Å². The van der Waals surface area contributed by atoms with E-state index >= 15 is 0 Å². The Morgan fingerprint density at radius 2 is 1.50 bits per heavy atom. The van der Waals surface area contributed by atoms with Crippen molar-refractivity contribution in [3.63, 3.8) is 0 Å². The zero-order chi connectivity index (χ0) is 34.5. The Labute approximate surface area is 277 Å². The van der Waals surface area contributed by atoms with Gasteiger partial charge in [0.25, 0.3) is 10.0 Å². The van der Waals surface area contributed by atoms with Crippen LogP contribution in [0.1, 0.15) is 41.0 Å². The Morgan fingerprint density at radius 1 is 0.917 bits per heavy atom. The number of hydrazone groups is 1. The molecule has 0 bridgehead atoms. The van der Waals surface area contributed by atoms with E-state index in [0.29, 0.717) is 28.5 Å². The van der Waals surface area contributed by atoms with Crippen LogP contribution in [0.5, 0.6) is 11.5 Å². The number of piperidine rings is 1. The molecule has 0 saturated carbocycles. The number of anilines is 1. The van der Waals surface area contributed by atoms with Crippen LogP contribution < -0.4 is 31.1 Å². The number of alkyl halides is 3. The van der Waals surface area contributed by atoms with E-state index in [0.717, 1.165) is 42.7 Å². The molecular formula is C34H37F3N6O4S. The van der Waals surface area contributed by atoms with Gasteiger partial charge in [0.15, 0.2) is 5.84 Å². The van der Waals surface area contributed by atoms with Crippen LogP contribution in [0.15, 0.2) is 94.9 Å². The van der Waals surface area contributed by atoms with Gasteiger partial charge in [-0.2, -0.15) is 13.2 Å². The molecule has 0 aliphatic carbocycles. The number of nitrogens with one attached hydrogen (secondary N) is 2. The van der Waals surface area contributed by atoms with Gasteiger partial charge in [-0.3, -0.25) is 4.72 Å². The van der Waals surface area contributed by atoms with E-state index in [9.17, 15) is 21.6 Å². The lowest BCUT2D eigenvalue weighted by Gasteiger charge is -2.24. The number of benzene rings is 4. The maximum Gasteiger partial charge on any atom is 0.417 e. The Bertz CT molecular complexity index is 1840. The van der Waals surface area contributed by atoms with Crippen molar-refractivity contribution in [2.45, 2.75) is 36.4 Å². The molecule has 5 rings (SSSR count). The molecule has 14 heteroatoms. The quantitative estimate of drug-likeness (QED) is 0.0688. The Hall–Kier alpha value is -4.79. The second-order valence-electron chi connectivity index (χ2n) is 11.3. The molecule has 1 aliphatic rings. The third-order valence-corrected chi connectivity index (χ3v) is 9.57. The highest BCUT2D eigenvalue weighted by molar-refractivity contribution is 7.92. The standard InChI is InChI=1S/C34H37F3N6O4S/c1-46-27-11-3-22(4-12-27)21-43(39)41-33(38)31-29(25-7-5-23(6-8-25)24-17-19-40-20-18-24)15-16-30(34(35,36)37)32(31)48(44,45)42-26-9-13-28(47-2)14-10-26/h3-16,24,40,42H,17-21,39H2,1-2H3,(H2,38,41). The number of hydrazine groups is 1. The van der Waals surface area contributed by atoms with Crippen LogP contribution in [-0.2, 0) is 22.7 Å². The molecule has 0 spiro atoms. The minimum absolute atomic E-state index is 0.0100. The molecule has 1 saturated heterocycles. The highest BCUT2D eigenvalue weighted by Gasteiger charge is 2.41.